The van der Waals surface area contributed by atoms with Crippen molar-refractivity contribution in [1.29, 1.82) is 0 Å². The maximum Gasteiger partial charge on any atom is 0.239 e. The van der Waals surface area contributed by atoms with Crippen LogP contribution in [-0.4, -0.2) is 80.6 Å². The van der Waals surface area contributed by atoms with E-state index in [0.717, 1.165) is 45.6 Å². The van der Waals surface area contributed by atoms with E-state index in [4.69, 9.17) is 10.5 Å². The zero-order valence-electron chi connectivity index (χ0n) is 14.8. The molecule has 0 aromatic rings. The van der Waals surface area contributed by atoms with E-state index in [1.54, 1.807) is 0 Å². The minimum absolute atomic E-state index is 0.178. The highest BCUT2D eigenvalue weighted by Crippen LogP contribution is 2.25. The molecule has 7 nitrogen and oxygen atoms in total. The average Bonchev–Trinajstić information content (AvgIpc) is 2.62. The van der Waals surface area contributed by atoms with Gasteiger partial charge in [0.2, 0.25) is 11.8 Å². The van der Waals surface area contributed by atoms with Gasteiger partial charge in [0.15, 0.2) is 0 Å². The summed E-state index contributed by atoms with van der Waals surface area (Å²) in [5, 5.41) is 2.83. The molecular formula is C17H32N4O3. The highest BCUT2D eigenvalue weighted by Gasteiger charge is 2.28. The van der Waals surface area contributed by atoms with Crippen LogP contribution in [0.3, 0.4) is 0 Å². The molecule has 138 valence electrons. The van der Waals surface area contributed by atoms with Crippen LogP contribution in [0.4, 0.5) is 0 Å². The van der Waals surface area contributed by atoms with Crippen LogP contribution in [0.25, 0.3) is 0 Å². The first-order valence-electron chi connectivity index (χ1n) is 9.15. The average molecular weight is 340 g/mol. The summed E-state index contributed by atoms with van der Waals surface area (Å²) in [7, 11) is 1.53. The number of piperazine rings is 1. The topological polar surface area (TPSA) is 87.9 Å². The SMILES string of the molecule is COCC(N)C(=O)NCCN1CCN(C(=O)C2CCCCC2)CC1. The Balaban J connectivity index is 1.62. The molecule has 2 aliphatic rings. The fraction of sp³-hybridized carbons (Fsp3) is 0.882. The maximum atomic E-state index is 12.5. The molecule has 1 aliphatic heterocycles. The second kappa shape index (κ2) is 9.96. The number of nitrogens with one attached hydrogen (secondary N) is 1. The third-order valence-electron chi connectivity index (χ3n) is 5.05. The minimum Gasteiger partial charge on any atom is -0.383 e. The molecule has 0 radical (unpaired) electrons. The van der Waals surface area contributed by atoms with E-state index in [-0.39, 0.29) is 18.4 Å². The molecule has 3 N–H and O–H groups in total. The summed E-state index contributed by atoms with van der Waals surface area (Å²) in [6.45, 7) is 4.94. The first kappa shape index (κ1) is 19.1. The lowest BCUT2D eigenvalue weighted by molar-refractivity contribution is -0.138. The highest BCUT2D eigenvalue weighted by atomic mass is 16.5. The molecule has 1 aliphatic carbocycles. The van der Waals surface area contributed by atoms with Gasteiger partial charge in [0.05, 0.1) is 6.61 Å². The number of carbonyl (C=O) groups is 2. The van der Waals surface area contributed by atoms with Crippen molar-refractivity contribution >= 4 is 11.8 Å². The first-order chi connectivity index (χ1) is 11.6. The lowest BCUT2D eigenvalue weighted by atomic mass is 9.88. The van der Waals surface area contributed by atoms with Gasteiger partial charge in [-0.3, -0.25) is 14.5 Å². The third kappa shape index (κ3) is 5.72. The largest absolute Gasteiger partial charge is 0.383 e. The van der Waals surface area contributed by atoms with Crippen molar-refractivity contribution in [2.45, 2.75) is 38.1 Å². The molecule has 7 heteroatoms. The summed E-state index contributed by atoms with van der Waals surface area (Å²) >= 11 is 0. The second-order valence-corrected chi connectivity index (χ2v) is 6.85. The lowest BCUT2D eigenvalue weighted by Gasteiger charge is -2.37. The Morgan fingerprint density at radius 1 is 1.17 bits per heavy atom. The zero-order chi connectivity index (χ0) is 17.4. The summed E-state index contributed by atoms with van der Waals surface area (Å²) in [6, 6.07) is -0.611. The van der Waals surface area contributed by atoms with Crippen LogP contribution in [0, 0.1) is 5.92 Å². The third-order valence-corrected chi connectivity index (χ3v) is 5.05. The molecule has 0 spiro atoms. The molecule has 1 unspecified atom stereocenters. The van der Waals surface area contributed by atoms with Crippen molar-refractivity contribution in [3.05, 3.63) is 0 Å². The number of carbonyl (C=O) groups excluding carboxylic acids is 2. The number of nitrogens with zero attached hydrogens (tertiary/aromatic N) is 2. The quantitative estimate of drug-likeness (QED) is 0.670. The molecule has 2 fully saturated rings. The number of amides is 2. The van der Waals surface area contributed by atoms with Gasteiger partial charge in [-0.2, -0.15) is 0 Å². The molecule has 2 rings (SSSR count). The predicted octanol–water partition coefficient (Wildman–Crippen LogP) is -0.199. The molecule has 0 aromatic heterocycles. The smallest absolute Gasteiger partial charge is 0.239 e. The number of hydrogen-bond donors (Lipinski definition) is 2. The van der Waals surface area contributed by atoms with Gasteiger partial charge in [0.25, 0.3) is 0 Å². The molecule has 1 atom stereocenters. The predicted molar refractivity (Wildman–Crippen MR) is 92.5 cm³/mol. The van der Waals surface area contributed by atoms with Gasteiger partial charge < -0.3 is 20.7 Å². The van der Waals surface area contributed by atoms with Gasteiger partial charge >= 0.3 is 0 Å². The van der Waals surface area contributed by atoms with Crippen molar-refractivity contribution in [1.82, 2.24) is 15.1 Å². The van der Waals surface area contributed by atoms with Crippen molar-refractivity contribution in [3.63, 3.8) is 0 Å². The Kier molecular flexibility index (Phi) is 7.94. The van der Waals surface area contributed by atoms with E-state index in [0.29, 0.717) is 12.5 Å². The summed E-state index contributed by atoms with van der Waals surface area (Å²) in [5.74, 6) is 0.433. The first-order valence-corrected chi connectivity index (χ1v) is 9.15. The fourth-order valence-corrected chi connectivity index (χ4v) is 3.52. The van der Waals surface area contributed by atoms with E-state index < -0.39 is 6.04 Å². The Morgan fingerprint density at radius 3 is 2.46 bits per heavy atom. The number of hydrogen-bond acceptors (Lipinski definition) is 5. The van der Waals surface area contributed by atoms with Crippen LogP contribution in [0.1, 0.15) is 32.1 Å². The van der Waals surface area contributed by atoms with Crippen LogP contribution in [0.15, 0.2) is 0 Å². The Labute approximate surface area is 144 Å². The van der Waals surface area contributed by atoms with Crippen molar-refractivity contribution < 1.29 is 14.3 Å². The molecular weight excluding hydrogens is 308 g/mol. The van der Waals surface area contributed by atoms with Gasteiger partial charge in [-0.1, -0.05) is 19.3 Å². The van der Waals surface area contributed by atoms with Crippen molar-refractivity contribution in [2.24, 2.45) is 11.7 Å². The Hall–Kier alpha value is -1.18. The molecule has 0 aromatic carbocycles. The zero-order valence-corrected chi connectivity index (χ0v) is 14.8. The van der Waals surface area contributed by atoms with Crippen molar-refractivity contribution in [3.8, 4) is 0 Å². The summed E-state index contributed by atoms with van der Waals surface area (Å²) < 4.78 is 4.87. The maximum absolute atomic E-state index is 12.5. The summed E-state index contributed by atoms with van der Waals surface area (Å²) in [4.78, 5) is 28.5. The number of methoxy groups -OCH3 is 1. The standard InChI is InChI=1S/C17H32N4O3/c1-24-13-15(18)16(22)19-7-8-20-9-11-21(12-10-20)17(23)14-5-3-2-4-6-14/h14-15H,2-13,18H2,1H3,(H,19,22). The molecule has 1 saturated heterocycles. The van der Waals surface area contributed by atoms with E-state index in [1.165, 1.54) is 26.4 Å². The second-order valence-electron chi connectivity index (χ2n) is 6.85. The van der Waals surface area contributed by atoms with Gasteiger partial charge in [-0.05, 0) is 12.8 Å². The normalized spacial score (nSPS) is 21.5. The van der Waals surface area contributed by atoms with Crippen LogP contribution in [0.2, 0.25) is 0 Å². The van der Waals surface area contributed by atoms with E-state index >= 15 is 0 Å². The van der Waals surface area contributed by atoms with E-state index in [9.17, 15) is 9.59 Å². The van der Waals surface area contributed by atoms with Crippen molar-refractivity contribution in [2.75, 3.05) is 53.0 Å². The van der Waals surface area contributed by atoms with Gasteiger partial charge in [0, 0.05) is 52.3 Å². The van der Waals surface area contributed by atoms with E-state index in [1.807, 2.05) is 4.90 Å². The highest BCUT2D eigenvalue weighted by molar-refractivity contribution is 5.81. The monoisotopic (exact) mass is 340 g/mol. The van der Waals surface area contributed by atoms with Gasteiger partial charge in [-0.25, -0.2) is 0 Å². The van der Waals surface area contributed by atoms with E-state index in [2.05, 4.69) is 10.2 Å². The van der Waals surface area contributed by atoms with Crippen LogP contribution >= 0.6 is 0 Å². The minimum atomic E-state index is -0.611. The lowest BCUT2D eigenvalue weighted by Crippen LogP contribution is -2.52. The summed E-state index contributed by atoms with van der Waals surface area (Å²) in [6.07, 6.45) is 5.79. The molecule has 24 heavy (non-hydrogen) atoms. The summed E-state index contributed by atoms with van der Waals surface area (Å²) in [5.41, 5.74) is 5.67. The molecule has 1 heterocycles. The fourth-order valence-electron chi connectivity index (χ4n) is 3.52. The van der Waals surface area contributed by atoms with Gasteiger partial charge in [0.1, 0.15) is 6.04 Å². The Bertz CT molecular complexity index is 405. The van der Waals surface area contributed by atoms with Crippen LogP contribution in [0.5, 0.6) is 0 Å². The Morgan fingerprint density at radius 2 is 1.83 bits per heavy atom. The van der Waals surface area contributed by atoms with Gasteiger partial charge in [-0.15, -0.1) is 0 Å². The number of ether oxygens (including phenoxy) is 1. The van der Waals surface area contributed by atoms with Crippen LogP contribution in [-0.2, 0) is 14.3 Å². The molecule has 1 saturated carbocycles. The number of nitrogens with two attached hydrogens (primary N) is 1. The molecule has 0 bridgehead atoms. The number of rotatable bonds is 7. The molecule has 2 amide bonds. The van der Waals surface area contributed by atoms with Crippen LogP contribution < -0.4 is 11.1 Å².